The molecule has 7 heteroatoms. The zero-order valence-corrected chi connectivity index (χ0v) is 10.3. The maximum Gasteiger partial charge on any atom is 0.324 e. The van der Waals surface area contributed by atoms with Gasteiger partial charge in [0.1, 0.15) is 6.04 Å². The van der Waals surface area contributed by atoms with Crippen molar-refractivity contribution < 1.29 is 19.1 Å². The van der Waals surface area contributed by atoms with Gasteiger partial charge in [0.05, 0.1) is 6.61 Å². The highest BCUT2D eigenvalue weighted by Crippen LogP contribution is 2.11. The SMILES string of the molecule is CCOC(=O)CCC1NC(=O)N(CCCl)C1=O. The van der Waals surface area contributed by atoms with Gasteiger partial charge in [0.15, 0.2) is 0 Å². The first kappa shape index (κ1) is 13.8. The van der Waals surface area contributed by atoms with Crippen LogP contribution in [0.5, 0.6) is 0 Å². The number of esters is 1. The average Bonchev–Trinajstić information content (AvgIpc) is 2.55. The van der Waals surface area contributed by atoms with Crippen LogP contribution in [0, 0.1) is 0 Å². The van der Waals surface area contributed by atoms with Crippen LogP contribution in [-0.4, -0.2) is 47.9 Å². The largest absolute Gasteiger partial charge is 0.466 e. The molecule has 1 unspecified atom stereocenters. The van der Waals surface area contributed by atoms with Crippen LogP contribution in [-0.2, 0) is 14.3 Å². The Morgan fingerprint density at radius 2 is 2.24 bits per heavy atom. The van der Waals surface area contributed by atoms with Gasteiger partial charge in [-0.25, -0.2) is 4.79 Å². The maximum absolute atomic E-state index is 11.7. The van der Waals surface area contributed by atoms with E-state index in [9.17, 15) is 14.4 Å². The average molecular weight is 263 g/mol. The van der Waals surface area contributed by atoms with Crippen molar-refractivity contribution in [1.29, 1.82) is 0 Å². The summed E-state index contributed by atoms with van der Waals surface area (Å²) in [4.78, 5) is 35.3. The molecule has 17 heavy (non-hydrogen) atoms. The molecule has 1 aliphatic rings. The van der Waals surface area contributed by atoms with Gasteiger partial charge in [-0.3, -0.25) is 14.5 Å². The Morgan fingerprint density at radius 3 is 2.82 bits per heavy atom. The Labute approximate surface area is 104 Å². The van der Waals surface area contributed by atoms with E-state index >= 15 is 0 Å². The molecule has 0 aromatic rings. The number of amides is 3. The number of ether oxygens (including phenoxy) is 1. The molecule has 96 valence electrons. The van der Waals surface area contributed by atoms with Crippen molar-refractivity contribution in [1.82, 2.24) is 10.2 Å². The minimum Gasteiger partial charge on any atom is -0.466 e. The predicted molar refractivity (Wildman–Crippen MR) is 60.6 cm³/mol. The second-order valence-electron chi connectivity index (χ2n) is 3.52. The molecule has 0 bridgehead atoms. The highest BCUT2D eigenvalue weighted by molar-refractivity contribution is 6.18. The Morgan fingerprint density at radius 1 is 1.53 bits per heavy atom. The Bertz CT molecular complexity index is 321. The van der Waals surface area contributed by atoms with Gasteiger partial charge in [-0.1, -0.05) is 0 Å². The van der Waals surface area contributed by atoms with Crippen molar-refractivity contribution in [2.24, 2.45) is 0 Å². The second kappa shape index (κ2) is 6.44. The van der Waals surface area contributed by atoms with E-state index < -0.39 is 12.1 Å². The third kappa shape index (κ3) is 3.59. The van der Waals surface area contributed by atoms with E-state index in [2.05, 4.69) is 5.32 Å². The number of halogens is 1. The van der Waals surface area contributed by atoms with Crippen LogP contribution in [0.2, 0.25) is 0 Å². The van der Waals surface area contributed by atoms with Crippen molar-refractivity contribution >= 4 is 29.5 Å². The summed E-state index contributed by atoms with van der Waals surface area (Å²) < 4.78 is 4.74. The summed E-state index contributed by atoms with van der Waals surface area (Å²) in [6.45, 7) is 2.20. The summed E-state index contributed by atoms with van der Waals surface area (Å²) in [6.07, 6.45) is 0.363. The van der Waals surface area contributed by atoms with Gasteiger partial charge in [-0.15, -0.1) is 11.6 Å². The minimum atomic E-state index is -0.643. The quantitative estimate of drug-likeness (QED) is 0.429. The number of alkyl halides is 1. The van der Waals surface area contributed by atoms with Crippen LogP contribution >= 0.6 is 11.6 Å². The molecule has 0 aliphatic carbocycles. The van der Waals surface area contributed by atoms with Gasteiger partial charge in [0, 0.05) is 18.8 Å². The van der Waals surface area contributed by atoms with Crippen LogP contribution in [0.1, 0.15) is 19.8 Å². The van der Waals surface area contributed by atoms with Gasteiger partial charge < -0.3 is 10.1 Å². The molecule has 0 spiro atoms. The maximum atomic E-state index is 11.7. The minimum absolute atomic E-state index is 0.110. The molecule has 6 nitrogen and oxygen atoms in total. The molecule has 1 aliphatic heterocycles. The lowest BCUT2D eigenvalue weighted by Crippen LogP contribution is -2.33. The summed E-state index contributed by atoms with van der Waals surface area (Å²) in [5.41, 5.74) is 0. The number of carbonyl (C=O) groups is 3. The lowest BCUT2D eigenvalue weighted by atomic mass is 10.1. The van der Waals surface area contributed by atoms with E-state index in [1.807, 2.05) is 0 Å². The van der Waals surface area contributed by atoms with Gasteiger partial charge in [-0.05, 0) is 13.3 Å². The monoisotopic (exact) mass is 262 g/mol. The van der Waals surface area contributed by atoms with Crippen LogP contribution < -0.4 is 5.32 Å². The van der Waals surface area contributed by atoms with Crippen molar-refractivity contribution in [3.63, 3.8) is 0 Å². The Hall–Kier alpha value is -1.30. The van der Waals surface area contributed by atoms with E-state index in [1.165, 1.54) is 0 Å². The summed E-state index contributed by atoms with van der Waals surface area (Å²) in [5, 5.41) is 2.51. The number of nitrogens with one attached hydrogen (secondary N) is 1. The molecular formula is C10H15ClN2O4. The Kier molecular flexibility index (Phi) is 5.21. The van der Waals surface area contributed by atoms with Crippen molar-refractivity contribution in [2.75, 3.05) is 19.0 Å². The standard InChI is InChI=1S/C10H15ClN2O4/c1-2-17-8(14)4-3-7-9(15)13(6-5-11)10(16)12-7/h7H,2-6H2,1H3,(H,12,16). The third-order valence-corrected chi connectivity index (χ3v) is 2.53. The zero-order valence-electron chi connectivity index (χ0n) is 9.57. The predicted octanol–water partition coefficient (Wildman–Crippen LogP) is 0.489. The van der Waals surface area contributed by atoms with Gasteiger partial charge >= 0.3 is 12.0 Å². The van der Waals surface area contributed by atoms with Gasteiger partial charge in [-0.2, -0.15) is 0 Å². The molecule has 1 fully saturated rings. The lowest BCUT2D eigenvalue weighted by Gasteiger charge is -2.10. The van der Waals surface area contributed by atoms with Gasteiger partial charge in [0.25, 0.3) is 5.91 Å². The number of carbonyl (C=O) groups excluding carboxylic acids is 3. The summed E-state index contributed by atoms with van der Waals surface area (Å²) >= 11 is 5.48. The highest BCUT2D eigenvalue weighted by atomic mass is 35.5. The first-order chi connectivity index (χ1) is 8.10. The van der Waals surface area contributed by atoms with Crippen molar-refractivity contribution in [3.8, 4) is 0 Å². The number of nitrogens with zero attached hydrogens (tertiary/aromatic N) is 1. The van der Waals surface area contributed by atoms with E-state index in [4.69, 9.17) is 16.3 Å². The fourth-order valence-corrected chi connectivity index (χ4v) is 1.73. The molecule has 0 aromatic carbocycles. The zero-order chi connectivity index (χ0) is 12.8. The number of imide groups is 1. The molecular weight excluding hydrogens is 248 g/mol. The molecule has 0 saturated carbocycles. The van der Waals surface area contributed by atoms with Crippen LogP contribution in [0.4, 0.5) is 4.79 Å². The first-order valence-electron chi connectivity index (χ1n) is 5.43. The number of rotatable bonds is 6. The van der Waals surface area contributed by atoms with E-state index in [0.29, 0.717) is 6.61 Å². The molecule has 1 N–H and O–H groups in total. The van der Waals surface area contributed by atoms with E-state index in [1.54, 1.807) is 6.92 Å². The summed E-state index contributed by atoms with van der Waals surface area (Å²) in [6, 6.07) is -1.10. The number of hydrogen-bond acceptors (Lipinski definition) is 4. The third-order valence-electron chi connectivity index (χ3n) is 2.36. The van der Waals surface area contributed by atoms with Crippen molar-refractivity contribution in [3.05, 3.63) is 0 Å². The molecule has 1 saturated heterocycles. The lowest BCUT2D eigenvalue weighted by molar-refractivity contribution is -0.143. The molecule has 0 aromatic heterocycles. The fraction of sp³-hybridized carbons (Fsp3) is 0.700. The van der Waals surface area contributed by atoms with Crippen LogP contribution in [0.3, 0.4) is 0 Å². The summed E-state index contributed by atoms with van der Waals surface area (Å²) in [7, 11) is 0. The molecule has 1 atom stereocenters. The van der Waals surface area contributed by atoms with E-state index in [0.717, 1.165) is 4.90 Å². The smallest absolute Gasteiger partial charge is 0.324 e. The molecule has 1 heterocycles. The molecule has 0 radical (unpaired) electrons. The summed E-state index contributed by atoms with van der Waals surface area (Å²) in [5.74, 6) is -0.505. The topological polar surface area (TPSA) is 75.7 Å². The van der Waals surface area contributed by atoms with Crippen LogP contribution in [0.25, 0.3) is 0 Å². The number of urea groups is 1. The normalized spacial score (nSPS) is 19.4. The second-order valence-corrected chi connectivity index (χ2v) is 3.90. The Balaban J connectivity index is 2.43. The number of hydrogen-bond donors (Lipinski definition) is 1. The van der Waals surface area contributed by atoms with Crippen LogP contribution in [0.15, 0.2) is 0 Å². The van der Waals surface area contributed by atoms with Gasteiger partial charge in [0.2, 0.25) is 0 Å². The molecule has 3 amide bonds. The molecule has 1 rings (SSSR count). The van der Waals surface area contributed by atoms with Crippen molar-refractivity contribution in [2.45, 2.75) is 25.8 Å². The highest BCUT2D eigenvalue weighted by Gasteiger charge is 2.37. The first-order valence-corrected chi connectivity index (χ1v) is 5.97. The van der Waals surface area contributed by atoms with E-state index in [-0.39, 0.29) is 37.1 Å². The fourth-order valence-electron chi connectivity index (χ4n) is 1.56.